The summed E-state index contributed by atoms with van der Waals surface area (Å²) >= 11 is 0. The monoisotopic (exact) mass is 451 g/mol. The number of furan rings is 1. The Hall–Kier alpha value is -4.19. The number of carbonyl (C=O) groups is 1. The largest absolute Gasteiger partial charge is 0.463 e. The van der Waals surface area contributed by atoms with Gasteiger partial charge in [0.1, 0.15) is 11.4 Å². The molecule has 0 aliphatic heterocycles. The maximum Gasteiger partial charge on any atom is 0.259 e. The van der Waals surface area contributed by atoms with Gasteiger partial charge < -0.3 is 14.3 Å². The zero-order valence-corrected chi connectivity index (χ0v) is 19.3. The molecule has 0 radical (unpaired) electrons. The molecule has 0 fully saturated rings. The lowest BCUT2D eigenvalue weighted by atomic mass is 9.99. The topological polar surface area (TPSA) is 81.2 Å². The lowest BCUT2D eigenvalue weighted by Crippen LogP contribution is -2.27. The van der Waals surface area contributed by atoms with E-state index < -0.39 is 0 Å². The van der Waals surface area contributed by atoms with Crippen LogP contribution < -0.4 is 5.32 Å². The number of nitrogens with zero attached hydrogens (tertiary/aromatic N) is 2. The molecule has 6 heteroatoms. The number of carbonyl (C=O) groups excluding carboxylic acids is 1. The summed E-state index contributed by atoms with van der Waals surface area (Å²) in [5.41, 5.74) is 4.94. The first-order valence-electron chi connectivity index (χ1n) is 11.3. The summed E-state index contributed by atoms with van der Waals surface area (Å²) in [5, 5.41) is 7.94. The lowest BCUT2D eigenvalue weighted by Gasteiger charge is -2.16. The Morgan fingerprint density at radius 1 is 0.912 bits per heavy atom. The van der Waals surface area contributed by atoms with E-state index in [1.54, 1.807) is 24.5 Å². The smallest absolute Gasteiger partial charge is 0.259 e. The van der Waals surface area contributed by atoms with Crippen molar-refractivity contribution in [3.8, 4) is 22.7 Å². The molecule has 0 spiro atoms. The van der Waals surface area contributed by atoms with Crippen LogP contribution in [0.4, 0.5) is 0 Å². The van der Waals surface area contributed by atoms with Crippen LogP contribution in [0.5, 0.6) is 0 Å². The Labute approximate surface area is 197 Å². The van der Waals surface area contributed by atoms with Gasteiger partial charge in [-0.1, -0.05) is 73.6 Å². The third-order valence-electron chi connectivity index (χ3n) is 5.96. The predicted molar refractivity (Wildman–Crippen MR) is 131 cm³/mol. The van der Waals surface area contributed by atoms with Gasteiger partial charge in [0, 0.05) is 5.56 Å². The number of hydrogen-bond donors (Lipinski definition) is 1. The third-order valence-corrected chi connectivity index (χ3v) is 5.96. The SMILES string of the molecule is CC(C)c1ccc([C@H](C)NC(=O)c2cc(-c3ccco3)nc3onc(-c4ccccc4)c23)cc1. The first kappa shape index (κ1) is 21.6. The number of amides is 1. The Balaban J connectivity index is 1.56. The number of benzene rings is 2. The van der Waals surface area contributed by atoms with Crippen LogP contribution >= 0.6 is 0 Å². The molecule has 2 aromatic carbocycles. The Kier molecular flexibility index (Phi) is 5.72. The molecular weight excluding hydrogens is 426 g/mol. The van der Waals surface area contributed by atoms with E-state index in [-0.39, 0.29) is 17.7 Å². The fourth-order valence-electron chi connectivity index (χ4n) is 4.00. The van der Waals surface area contributed by atoms with Crippen molar-refractivity contribution in [2.24, 2.45) is 0 Å². The quantitative estimate of drug-likeness (QED) is 0.308. The van der Waals surface area contributed by atoms with Crippen molar-refractivity contribution in [2.75, 3.05) is 0 Å². The summed E-state index contributed by atoms with van der Waals surface area (Å²) in [6.07, 6.45) is 1.57. The maximum absolute atomic E-state index is 13.6. The summed E-state index contributed by atoms with van der Waals surface area (Å²) < 4.78 is 11.1. The maximum atomic E-state index is 13.6. The van der Waals surface area contributed by atoms with Crippen molar-refractivity contribution < 1.29 is 13.7 Å². The molecule has 0 saturated carbocycles. The van der Waals surface area contributed by atoms with E-state index in [0.717, 1.165) is 11.1 Å². The van der Waals surface area contributed by atoms with Crippen LogP contribution in [0.3, 0.4) is 0 Å². The molecule has 0 saturated heterocycles. The molecule has 0 aliphatic rings. The number of hydrogen-bond acceptors (Lipinski definition) is 5. The van der Waals surface area contributed by atoms with Crippen LogP contribution in [0.15, 0.2) is 88.0 Å². The van der Waals surface area contributed by atoms with Crippen molar-refractivity contribution in [3.63, 3.8) is 0 Å². The standard InChI is InChI=1S/C28H25N3O3/c1-17(2)19-11-13-20(14-12-19)18(3)29-27(32)22-16-23(24-10-7-15-33-24)30-28-25(22)26(31-34-28)21-8-5-4-6-9-21/h4-18H,1-3H3,(H,29,32)/t18-/m0/s1. The highest BCUT2D eigenvalue weighted by atomic mass is 16.5. The number of rotatable bonds is 6. The molecule has 3 heterocycles. The molecule has 5 rings (SSSR count). The molecule has 1 amide bonds. The minimum atomic E-state index is -0.235. The Bertz CT molecular complexity index is 1420. The molecule has 5 aromatic rings. The van der Waals surface area contributed by atoms with Gasteiger partial charge in [0.25, 0.3) is 11.6 Å². The van der Waals surface area contributed by atoms with E-state index in [4.69, 9.17) is 8.94 Å². The van der Waals surface area contributed by atoms with Crippen LogP contribution in [-0.4, -0.2) is 16.0 Å². The molecule has 0 unspecified atom stereocenters. The molecular formula is C28H25N3O3. The van der Waals surface area contributed by atoms with Gasteiger partial charge in [-0.25, -0.2) is 4.98 Å². The summed E-state index contributed by atoms with van der Waals surface area (Å²) in [7, 11) is 0. The average Bonchev–Trinajstić information content (AvgIpc) is 3.54. The van der Waals surface area contributed by atoms with Crippen LogP contribution in [0.1, 0.15) is 54.2 Å². The van der Waals surface area contributed by atoms with Gasteiger partial charge in [-0.3, -0.25) is 4.79 Å². The second-order valence-corrected chi connectivity index (χ2v) is 8.63. The minimum Gasteiger partial charge on any atom is -0.463 e. The number of nitrogens with one attached hydrogen (secondary N) is 1. The second-order valence-electron chi connectivity index (χ2n) is 8.63. The van der Waals surface area contributed by atoms with E-state index in [0.29, 0.717) is 34.0 Å². The minimum absolute atomic E-state index is 0.191. The van der Waals surface area contributed by atoms with Crippen LogP contribution in [0.2, 0.25) is 0 Å². The number of fused-ring (bicyclic) bond motifs is 1. The van der Waals surface area contributed by atoms with Gasteiger partial charge >= 0.3 is 0 Å². The highest BCUT2D eigenvalue weighted by Crippen LogP contribution is 2.33. The Morgan fingerprint density at radius 2 is 1.65 bits per heavy atom. The van der Waals surface area contributed by atoms with Gasteiger partial charge in [-0.05, 0) is 42.2 Å². The predicted octanol–water partition coefficient (Wildman–Crippen LogP) is 6.76. The summed E-state index contributed by atoms with van der Waals surface area (Å²) in [4.78, 5) is 18.1. The fraction of sp³-hybridized carbons (Fsp3) is 0.179. The van der Waals surface area contributed by atoms with Crippen molar-refractivity contribution in [1.29, 1.82) is 0 Å². The van der Waals surface area contributed by atoms with E-state index in [1.165, 1.54) is 5.56 Å². The highest BCUT2D eigenvalue weighted by molar-refractivity contribution is 6.10. The van der Waals surface area contributed by atoms with Crippen molar-refractivity contribution in [3.05, 3.63) is 95.7 Å². The molecule has 170 valence electrons. The van der Waals surface area contributed by atoms with E-state index in [9.17, 15) is 4.79 Å². The van der Waals surface area contributed by atoms with Crippen molar-refractivity contribution >= 4 is 17.0 Å². The summed E-state index contributed by atoms with van der Waals surface area (Å²) in [5.74, 6) is 0.765. The molecule has 0 aliphatic carbocycles. The van der Waals surface area contributed by atoms with Crippen molar-refractivity contribution in [2.45, 2.75) is 32.7 Å². The second kappa shape index (κ2) is 8.98. The normalized spacial score (nSPS) is 12.2. The summed E-state index contributed by atoms with van der Waals surface area (Å²) in [6.45, 7) is 6.30. The first-order valence-corrected chi connectivity index (χ1v) is 11.3. The molecule has 34 heavy (non-hydrogen) atoms. The van der Waals surface area contributed by atoms with E-state index >= 15 is 0 Å². The van der Waals surface area contributed by atoms with Crippen molar-refractivity contribution in [1.82, 2.24) is 15.5 Å². The first-order chi connectivity index (χ1) is 16.5. The van der Waals surface area contributed by atoms with Gasteiger partial charge in [0.15, 0.2) is 5.76 Å². The van der Waals surface area contributed by atoms with Gasteiger partial charge in [0.2, 0.25) is 0 Å². The average molecular weight is 452 g/mol. The summed E-state index contributed by atoms with van der Waals surface area (Å²) in [6, 6.07) is 23.1. The molecule has 1 atom stereocenters. The van der Waals surface area contributed by atoms with Gasteiger partial charge in [-0.2, -0.15) is 0 Å². The van der Waals surface area contributed by atoms with E-state index in [2.05, 4.69) is 53.6 Å². The Morgan fingerprint density at radius 3 is 2.32 bits per heavy atom. The molecule has 3 aromatic heterocycles. The number of pyridine rings is 1. The van der Waals surface area contributed by atoms with Crippen LogP contribution in [0, 0.1) is 0 Å². The lowest BCUT2D eigenvalue weighted by molar-refractivity contribution is 0.0941. The highest BCUT2D eigenvalue weighted by Gasteiger charge is 2.23. The molecule has 6 nitrogen and oxygen atoms in total. The molecule has 1 N–H and O–H groups in total. The fourth-order valence-corrected chi connectivity index (χ4v) is 4.00. The third kappa shape index (κ3) is 4.10. The molecule has 0 bridgehead atoms. The van der Waals surface area contributed by atoms with Crippen LogP contribution in [0.25, 0.3) is 33.8 Å². The zero-order chi connectivity index (χ0) is 23.7. The van der Waals surface area contributed by atoms with E-state index in [1.807, 2.05) is 37.3 Å². The van der Waals surface area contributed by atoms with Gasteiger partial charge in [0.05, 0.1) is 23.3 Å². The van der Waals surface area contributed by atoms with Crippen LogP contribution in [-0.2, 0) is 0 Å². The number of aromatic nitrogens is 2. The van der Waals surface area contributed by atoms with Gasteiger partial charge in [-0.15, -0.1) is 0 Å². The zero-order valence-electron chi connectivity index (χ0n) is 19.3.